The van der Waals surface area contributed by atoms with Gasteiger partial charge in [0.25, 0.3) is 5.91 Å². The predicted octanol–water partition coefficient (Wildman–Crippen LogP) is 3.10. The summed E-state index contributed by atoms with van der Waals surface area (Å²) in [6, 6.07) is 15.1. The molecule has 0 bridgehead atoms. The van der Waals surface area contributed by atoms with Gasteiger partial charge in [-0.05, 0) is 30.3 Å². The molecule has 0 atom stereocenters. The smallest absolute Gasteiger partial charge is 0.262 e. The van der Waals surface area contributed by atoms with Gasteiger partial charge in [0.15, 0.2) is 6.61 Å². The van der Waals surface area contributed by atoms with E-state index in [0.717, 1.165) is 0 Å². The first-order valence-corrected chi connectivity index (χ1v) is 6.63. The van der Waals surface area contributed by atoms with E-state index in [9.17, 15) is 4.79 Å². The minimum absolute atomic E-state index is 0.282. The van der Waals surface area contributed by atoms with E-state index in [0.29, 0.717) is 27.6 Å². The van der Waals surface area contributed by atoms with Gasteiger partial charge in [0.1, 0.15) is 17.9 Å². The third kappa shape index (κ3) is 3.76. The molecule has 0 radical (unpaired) electrons. The van der Waals surface area contributed by atoms with Gasteiger partial charge in [0.2, 0.25) is 0 Å². The van der Waals surface area contributed by atoms with Crippen molar-refractivity contribution in [3.63, 3.8) is 0 Å². The van der Waals surface area contributed by atoms with Gasteiger partial charge in [-0.25, -0.2) is 0 Å². The van der Waals surface area contributed by atoms with Gasteiger partial charge in [-0.15, -0.1) is 0 Å². The molecule has 0 aliphatic carbocycles. The van der Waals surface area contributed by atoms with Crippen molar-refractivity contribution in [3.05, 3.63) is 58.6 Å². The number of benzene rings is 2. The van der Waals surface area contributed by atoms with Crippen LogP contribution in [0.1, 0.15) is 11.1 Å². The molecule has 0 aromatic heterocycles. The Morgan fingerprint density at radius 3 is 2.59 bits per heavy atom. The van der Waals surface area contributed by atoms with Gasteiger partial charge in [0, 0.05) is 5.02 Å². The SMILES string of the molecule is N#Cc1ccc(Cl)cc1NC(=O)COc1ccccc1C#N. The van der Waals surface area contributed by atoms with Crippen molar-refractivity contribution in [1.82, 2.24) is 0 Å². The van der Waals surface area contributed by atoms with Crippen molar-refractivity contribution in [2.75, 3.05) is 11.9 Å². The first-order valence-electron chi connectivity index (χ1n) is 6.25. The molecule has 2 rings (SSSR count). The molecule has 1 amide bonds. The van der Waals surface area contributed by atoms with Crippen LogP contribution in [0.2, 0.25) is 5.02 Å². The normalized spacial score (nSPS) is 9.41. The van der Waals surface area contributed by atoms with Crippen molar-refractivity contribution in [2.24, 2.45) is 0 Å². The van der Waals surface area contributed by atoms with Crippen LogP contribution < -0.4 is 10.1 Å². The van der Waals surface area contributed by atoms with E-state index in [1.165, 1.54) is 12.1 Å². The Hall–Kier alpha value is -3.02. The Labute approximate surface area is 132 Å². The quantitative estimate of drug-likeness (QED) is 0.940. The summed E-state index contributed by atoms with van der Waals surface area (Å²) in [5.74, 6) is -0.127. The lowest BCUT2D eigenvalue weighted by Crippen LogP contribution is -2.21. The highest BCUT2D eigenvalue weighted by atomic mass is 35.5. The maximum atomic E-state index is 11.9. The van der Waals surface area contributed by atoms with E-state index < -0.39 is 5.91 Å². The van der Waals surface area contributed by atoms with Crippen molar-refractivity contribution in [2.45, 2.75) is 0 Å². The molecule has 0 aliphatic rings. The van der Waals surface area contributed by atoms with E-state index in [-0.39, 0.29) is 6.61 Å². The first kappa shape index (κ1) is 15.4. The lowest BCUT2D eigenvalue weighted by Gasteiger charge is -2.09. The zero-order chi connectivity index (χ0) is 15.9. The van der Waals surface area contributed by atoms with E-state index in [2.05, 4.69) is 5.32 Å². The monoisotopic (exact) mass is 311 g/mol. The predicted molar refractivity (Wildman–Crippen MR) is 81.4 cm³/mol. The zero-order valence-corrected chi connectivity index (χ0v) is 12.1. The summed E-state index contributed by atoms with van der Waals surface area (Å²) < 4.78 is 5.32. The van der Waals surface area contributed by atoms with Gasteiger partial charge in [-0.2, -0.15) is 10.5 Å². The second-order valence-corrected chi connectivity index (χ2v) is 4.68. The maximum Gasteiger partial charge on any atom is 0.262 e. The second-order valence-electron chi connectivity index (χ2n) is 4.25. The average Bonchev–Trinajstić information content (AvgIpc) is 2.53. The number of para-hydroxylation sites is 1. The molecule has 0 aliphatic heterocycles. The van der Waals surface area contributed by atoms with Gasteiger partial charge in [-0.3, -0.25) is 4.79 Å². The summed E-state index contributed by atoms with van der Waals surface area (Å²) in [4.78, 5) is 11.9. The molecular weight excluding hydrogens is 302 g/mol. The third-order valence-electron chi connectivity index (χ3n) is 2.74. The van der Waals surface area contributed by atoms with Crippen molar-refractivity contribution < 1.29 is 9.53 Å². The molecule has 0 heterocycles. The van der Waals surface area contributed by atoms with Crippen LogP contribution in [0.15, 0.2) is 42.5 Å². The molecule has 2 aromatic rings. The largest absolute Gasteiger partial charge is 0.482 e. The van der Waals surface area contributed by atoms with E-state index >= 15 is 0 Å². The minimum Gasteiger partial charge on any atom is -0.482 e. The summed E-state index contributed by atoms with van der Waals surface area (Å²) >= 11 is 5.84. The van der Waals surface area contributed by atoms with E-state index in [1.807, 2.05) is 12.1 Å². The summed E-state index contributed by atoms with van der Waals surface area (Å²) in [6.45, 7) is -0.282. The van der Waals surface area contributed by atoms with Crippen LogP contribution in [0.25, 0.3) is 0 Å². The lowest BCUT2D eigenvalue weighted by molar-refractivity contribution is -0.118. The lowest BCUT2D eigenvalue weighted by atomic mass is 10.2. The number of ether oxygens (including phenoxy) is 1. The second kappa shape index (κ2) is 7.12. The number of nitrogens with zero attached hydrogens (tertiary/aromatic N) is 2. The summed E-state index contributed by atoms with van der Waals surface area (Å²) in [6.07, 6.45) is 0. The van der Waals surface area contributed by atoms with Gasteiger partial charge >= 0.3 is 0 Å². The number of rotatable bonds is 4. The standard InChI is InChI=1S/C16H10ClN3O2/c17-13-6-5-11(8-18)14(7-13)20-16(21)10-22-15-4-2-1-3-12(15)9-19/h1-7H,10H2,(H,20,21). The number of hydrogen-bond acceptors (Lipinski definition) is 4. The van der Waals surface area contributed by atoms with Gasteiger partial charge in [-0.1, -0.05) is 23.7 Å². The summed E-state index contributed by atoms with van der Waals surface area (Å²) in [5.41, 5.74) is 0.961. The number of nitrogens with one attached hydrogen (secondary N) is 1. The Balaban J connectivity index is 2.04. The van der Waals surface area contributed by atoms with Crippen LogP contribution in [-0.2, 0) is 4.79 Å². The topological polar surface area (TPSA) is 85.9 Å². The van der Waals surface area contributed by atoms with Gasteiger partial charge in [0.05, 0.1) is 16.8 Å². The number of nitriles is 2. The Morgan fingerprint density at radius 1 is 1.14 bits per heavy atom. The fourth-order valence-electron chi connectivity index (χ4n) is 1.73. The first-order chi connectivity index (χ1) is 10.6. The summed E-state index contributed by atoms with van der Waals surface area (Å²) in [7, 11) is 0. The molecule has 22 heavy (non-hydrogen) atoms. The van der Waals surface area contributed by atoms with Gasteiger partial charge < -0.3 is 10.1 Å². The summed E-state index contributed by atoms with van der Waals surface area (Å²) in [5, 5.41) is 20.9. The van der Waals surface area contributed by atoms with Crippen molar-refractivity contribution >= 4 is 23.2 Å². The molecule has 6 heteroatoms. The molecular formula is C16H10ClN3O2. The van der Waals surface area contributed by atoms with Crippen LogP contribution >= 0.6 is 11.6 Å². The number of anilines is 1. The molecule has 2 aromatic carbocycles. The highest BCUT2D eigenvalue weighted by Gasteiger charge is 2.09. The van der Waals surface area contributed by atoms with Crippen LogP contribution in [0.4, 0.5) is 5.69 Å². The molecule has 108 valence electrons. The maximum absolute atomic E-state index is 11.9. The molecule has 5 nitrogen and oxygen atoms in total. The highest BCUT2D eigenvalue weighted by Crippen LogP contribution is 2.21. The Morgan fingerprint density at radius 2 is 1.86 bits per heavy atom. The molecule has 0 unspecified atom stereocenters. The minimum atomic E-state index is -0.452. The molecule has 0 saturated carbocycles. The number of halogens is 1. The van der Waals surface area contributed by atoms with Crippen LogP contribution in [-0.4, -0.2) is 12.5 Å². The number of carbonyl (C=O) groups is 1. The number of amides is 1. The fourth-order valence-corrected chi connectivity index (χ4v) is 1.90. The van der Waals surface area contributed by atoms with Crippen LogP contribution in [0.5, 0.6) is 5.75 Å². The van der Waals surface area contributed by atoms with E-state index in [4.69, 9.17) is 26.9 Å². The average molecular weight is 312 g/mol. The Kier molecular flexibility index (Phi) is 4.98. The fraction of sp³-hybridized carbons (Fsp3) is 0.0625. The molecule has 1 N–H and O–H groups in total. The van der Waals surface area contributed by atoms with Crippen molar-refractivity contribution in [1.29, 1.82) is 10.5 Å². The molecule has 0 spiro atoms. The van der Waals surface area contributed by atoms with Crippen molar-refractivity contribution in [3.8, 4) is 17.9 Å². The molecule has 0 fully saturated rings. The highest BCUT2D eigenvalue weighted by molar-refractivity contribution is 6.31. The van der Waals surface area contributed by atoms with Crippen LogP contribution in [0, 0.1) is 22.7 Å². The van der Waals surface area contributed by atoms with E-state index in [1.54, 1.807) is 30.3 Å². The third-order valence-corrected chi connectivity index (χ3v) is 2.98. The Bertz CT molecular complexity index is 791. The molecule has 0 saturated heterocycles. The van der Waals surface area contributed by atoms with Crippen LogP contribution in [0.3, 0.4) is 0 Å². The zero-order valence-electron chi connectivity index (χ0n) is 11.3. The number of hydrogen-bond donors (Lipinski definition) is 1. The number of carbonyl (C=O) groups excluding carboxylic acids is 1.